The molecule has 1 aromatic heterocycles. The second kappa shape index (κ2) is 10.4. The molecule has 0 fully saturated rings. The van der Waals surface area contributed by atoms with Crippen molar-refractivity contribution in [1.29, 1.82) is 0 Å². The van der Waals surface area contributed by atoms with Gasteiger partial charge in [0.15, 0.2) is 11.4 Å². The Labute approximate surface area is 200 Å². The van der Waals surface area contributed by atoms with Crippen molar-refractivity contribution < 1.29 is 14.0 Å². The molecule has 3 aromatic carbocycles. The molecule has 0 spiro atoms. The SMILES string of the molecule is C[N+](C)(CCCSc1ccccc1)Cc1cnc(C(O)(c2ccccc2)c2ccccc2)o1. The van der Waals surface area contributed by atoms with Crippen LogP contribution < -0.4 is 0 Å². The Hall–Kier alpha value is -2.86. The van der Waals surface area contributed by atoms with E-state index in [0.717, 1.165) is 40.1 Å². The molecule has 0 aliphatic heterocycles. The molecule has 0 atom stereocenters. The second-order valence-electron chi connectivity index (χ2n) is 8.91. The van der Waals surface area contributed by atoms with E-state index in [0.29, 0.717) is 12.4 Å². The number of quaternary nitrogens is 1. The maximum absolute atomic E-state index is 11.9. The fourth-order valence-corrected chi connectivity index (χ4v) is 4.88. The molecule has 0 radical (unpaired) electrons. The van der Waals surface area contributed by atoms with Crippen LogP contribution in [0.2, 0.25) is 0 Å². The van der Waals surface area contributed by atoms with Gasteiger partial charge in [0.05, 0.1) is 26.8 Å². The Morgan fingerprint density at radius 3 is 1.97 bits per heavy atom. The summed E-state index contributed by atoms with van der Waals surface area (Å²) in [7, 11) is 4.41. The summed E-state index contributed by atoms with van der Waals surface area (Å²) in [6, 6.07) is 29.7. The molecule has 0 saturated heterocycles. The lowest BCUT2D eigenvalue weighted by Crippen LogP contribution is -2.39. The lowest BCUT2D eigenvalue weighted by Gasteiger charge is -2.29. The van der Waals surface area contributed by atoms with E-state index in [2.05, 4.69) is 43.3 Å². The molecule has 1 N–H and O–H groups in total. The van der Waals surface area contributed by atoms with E-state index in [-0.39, 0.29) is 0 Å². The molecule has 4 rings (SSSR count). The van der Waals surface area contributed by atoms with Crippen molar-refractivity contribution in [1.82, 2.24) is 4.98 Å². The Bertz CT molecular complexity index is 1090. The summed E-state index contributed by atoms with van der Waals surface area (Å²) in [6.07, 6.45) is 2.86. The molecular formula is C28H31N2O2S+. The van der Waals surface area contributed by atoms with Gasteiger partial charge in [0.25, 0.3) is 0 Å². The number of aromatic nitrogens is 1. The first-order valence-corrected chi connectivity index (χ1v) is 12.2. The van der Waals surface area contributed by atoms with Crippen LogP contribution in [0.3, 0.4) is 0 Å². The minimum Gasteiger partial charge on any atom is -0.436 e. The van der Waals surface area contributed by atoms with Gasteiger partial charge in [0.1, 0.15) is 6.54 Å². The van der Waals surface area contributed by atoms with Gasteiger partial charge in [-0.1, -0.05) is 78.9 Å². The van der Waals surface area contributed by atoms with Crippen LogP contribution >= 0.6 is 11.8 Å². The molecule has 170 valence electrons. The van der Waals surface area contributed by atoms with Crippen molar-refractivity contribution in [2.45, 2.75) is 23.5 Å². The van der Waals surface area contributed by atoms with E-state index < -0.39 is 5.60 Å². The monoisotopic (exact) mass is 459 g/mol. The Kier molecular flexibility index (Phi) is 7.33. The topological polar surface area (TPSA) is 46.3 Å². The molecule has 5 heteroatoms. The average molecular weight is 460 g/mol. The predicted octanol–water partition coefficient (Wildman–Crippen LogP) is 5.72. The zero-order chi connectivity index (χ0) is 23.2. The van der Waals surface area contributed by atoms with Gasteiger partial charge in [-0.3, -0.25) is 0 Å². The zero-order valence-corrected chi connectivity index (χ0v) is 20.0. The summed E-state index contributed by atoms with van der Waals surface area (Å²) < 4.78 is 6.98. The van der Waals surface area contributed by atoms with Crippen molar-refractivity contribution in [3.05, 3.63) is 120 Å². The number of oxazole rings is 1. The third kappa shape index (κ3) is 5.74. The van der Waals surface area contributed by atoms with Crippen LogP contribution in [-0.4, -0.2) is 41.0 Å². The van der Waals surface area contributed by atoms with Gasteiger partial charge in [0.2, 0.25) is 5.89 Å². The van der Waals surface area contributed by atoms with Crippen LogP contribution in [0.1, 0.15) is 29.2 Å². The summed E-state index contributed by atoms with van der Waals surface area (Å²) in [5.41, 5.74) is 0.0251. The van der Waals surface area contributed by atoms with Gasteiger partial charge < -0.3 is 14.0 Å². The maximum atomic E-state index is 11.9. The minimum atomic E-state index is -1.44. The zero-order valence-electron chi connectivity index (χ0n) is 19.2. The highest BCUT2D eigenvalue weighted by Crippen LogP contribution is 2.36. The summed E-state index contributed by atoms with van der Waals surface area (Å²) in [5, 5.41) is 11.9. The highest BCUT2D eigenvalue weighted by Gasteiger charge is 2.39. The van der Waals surface area contributed by atoms with Crippen LogP contribution in [0.5, 0.6) is 0 Å². The van der Waals surface area contributed by atoms with Crippen LogP contribution in [0, 0.1) is 0 Å². The molecule has 0 bridgehead atoms. The van der Waals surface area contributed by atoms with Crippen molar-refractivity contribution in [3.8, 4) is 0 Å². The number of rotatable bonds is 10. The third-order valence-electron chi connectivity index (χ3n) is 5.75. The number of benzene rings is 3. The Morgan fingerprint density at radius 2 is 1.39 bits per heavy atom. The third-order valence-corrected chi connectivity index (χ3v) is 6.85. The molecule has 0 aliphatic rings. The number of aliphatic hydroxyl groups is 1. The standard InChI is InChI=1S/C28H31N2O2S/c1-30(2,19-12-20-33-26-17-10-5-11-18-26)22-25-21-29-27(32-25)28(31,23-13-6-3-7-14-23)24-15-8-4-9-16-24/h3-11,13-18,21,31H,12,19-20,22H2,1-2H3/q+1. The molecule has 0 amide bonds. The predicted molar refractivity (Wildman–Crippen MR) is 134 cm³/mol. The summed E-state index contributed by atoms with van der Waals surface area (Å²) >= 11 is 1.89. The van der Waals surface area contributed by atoms with Crippen molar-refractivity contribution >= 4 is 11.8 Å². The first kappa shape index (κ1) is 23.3. The molecule has 0 aliphatic carbocycles. The average Bonchev–Trinajstić information content (AvgIpc) is 3.31. The number of nitrogens with zero attached hydrogens (tertiary/aromatic N) is 2. The Morgan fingerprint density at radius 1 is 0.848 bits per heavy atom. The first-order chi connectivity index (χ1) is 16.0. The number of hydrogen-bond donors (Lipinski definition) is 1. The van der Waals surface area contributed by atoms with Crippen molar-refractivity contribution in [2.75, 3.05) is 26.4 Å². The van der Waals surface area contributed by atoms with E-state index in [1.807, 2.05) is 78.5 Å². The van der Waals surface area contributed by atoms with Crippen LogP contribution in [0.25, 0.3) is 0 Å². The lowest BCUT2D eigenvalue weighted by atomic mass is 9.86. The smallest absolute Gasteiger partial charge is 0.236 e. The Balaban J connectivity index is 1.46. The molecular weight excluding hydrogens is 428 g/mol. The van der Waals surface area contributed by atoms with E-state index in [1.165, 1.54) is 4.90 Å². The summed E-state index contributed by atoms with van der Waals surface area (Å²) in [4.78, 5) is 5.84. The summed E-state index contributed by atoms with van der Waals surface area (Å²) in [6.45, 7) is 1.74. The molecule has 4 aromatic rings. The fourth-order valence-electron chi connectivity index (χ4n) is 4.02. The van der Waals surface area contributed by atoms with Gasteiger partial charge in [0, 0.05) is 17.1 Å². The van der Waals surface area contributed by atoms with Crippen LogP contribution in [-0.2, 0) is 12.1 Å². The molecule has 33 heavy (non-hydrogen) atoms. The number of hydrogen-bond acceptors (Lipinski definition) is 4. The fraction of sp³-hybridized carbons (Fsp3) is 0.250. The largest absolute Gasteiger partial charge is 0.436 e. The molecule has 1 heterocycles. The maximum Gasteiger partial charge on any atom is 0.236 e. The van der Waals surface area contributed by atoms with Gasteiger partial charge in [-0.25, -0.2) is 4.98 Å². The minimum absolute atomic E-state index is 0.300. The highest BCUT2D eigenvalue weighted by molar-refractivity contribution is 7.99. The van der Waals surface area contributed by atoms with E-state index in [1.54, 1.807) is 6.20 Å². The van der Waals surface area contributed by atoms with Crippen LogP contribution in [0.15, 0.2) is 107 Å². The van der Waals surface area contributed by atoms with Crippen molar-refractivity contribution in [3.63, 3.8) is 0 Å². The normalized spacial score (nSPS) is 12.1. The van der Waals surface area contributed by atoms with E-state index in [9.17, 15) is 5.11 Å². The van der Waals surface area contributed by atoms with Gasteiger partial charge in [-0.15, -0.1) is 11.8 Å². The first-order valence-electron chi connectivity index (χ1n) is 11.3. The number of thioether (sulfide) groups is 1. The van der Waals surface area contributed by atoms with Crippen LogP contribution in [0.4, 0.5) is 0 Å². The van der Waals surface area contributed by atoms with E-state index >= 15 is 0 Å². The highest BCUT2D eigenvalue weighted by atomic mass is 32.2. The van der Waals surface area contributed by atoms with Gasteiger partial charge in [-0.2, -0.15) is 0 Å². The van der Waals surface area contributed by atoms with Crippen molar-refractivity contribution in [2.24, 2.45) is 0 Å². The quantitative estimate of drug-likeness (QED) is 0.187. The van der Waals surface area contributed by atoms with Gasteiger partial charge >= 0.3 is 0 Å². The van der Waals surface area contributed by atoms with E-state index in [4.69, 9.17) is 4.42 Å². The second-order valence-corrected chi connectivity index (χ2v) is 10.1. The van der Waals surface area contributed by atoms with Gasteiger partial charge in [-0.05, 0) is 23.3 Å². The lowest BCUT2D eigenvalue weighted by molar-refractivity contribution is -0.904. The molecule has 4 nitrogen and oxygen atoms in total. The molecule has 0 unspecified atom stereocenters. The summed E-state index contributed by atoms with van der Waals surface area (Å²) in [5.74, 6) is 2.15. The molecule has 0 saturated carbocycles.